The number of aliphatic hydroxyl groups is 1. The predicted molar refractivity (Wildman–Crippen MR) is 92.7 cm³/mol. The number of hydrogen-bond donors (Lipinski definition) is 3. The van der Waals surface area contributed by atoms with Crippen molar-refractivity contribution in [3.05, 3.63) is 42.0 Å². The van der Waals surface area contributed by atoms with Crippen molar-refractivity contribution in [2.24, 2.45) is 5.92 Å². The van der Waals surface area contributed by atoms with Crippen LogP contribution in [0.25, 0.3) is 0 Å². The Labute approximate surface area is 142 Å². The average Bonchev–Trinajstić information content (AvgIpc) is 2.94. The highest BCUT2D eigenvalue weighted by atomic mass is 16.3. The van der Waals surface area contributed by atoms with E-state index in [2.05, 4.69) is 34.6 Å². The lowest BCUT2D eigenvalue weighted by Crippen LogP contribution is -2.32. The van der Waals surface area contributed by atoms with Gasteiger partial charge in [-0.15, -0.1) is 0 Å². The van der Waals surface area contributed by atoms with E-state index >= 15 is 0 Å². The van der Waals surface area contributed by atoms with Crippen molar-refractivity contribution in [3.63, 3.8) is 0 Å². The van der Waals surface area contributed by atoms with Crippen LogP contribution < -0.4 is 10.6 Å². The van der Waals surface area contributed by atoms with E-state index in [4.69, 9.17) is 0 Å². The maximum atomic E-state index is 12.1. The fourth-order valence-corrected chi connectivity index (χ4v) is 2.45. The van der Waals surface area contributed by atoms with Crippen LogP contribution in [-0.4, -0.2) is 32.4 Å². The molecule has 0 saturated carbocycles. The first-order chi connectivity index (χ1) is 11.5. The molecule has 130 valence electrons. The van der Waals surface area contributed by atoms with Crippen LogP contribution in [0, 0.1) is 5.92 Å². The summed E-state index contributed by atoms with van der Waals surface area (Å²) in [5.74, 6) is 0.479. The van der Waals surface area contributed by atoms with Gasteiger partial charge >= 0.3 is 6.03 Å². The summed E-state index contributed by atoms with van der Waals surface area (Å²) < 4.78 is 1.92. The minimum atomic E-state index is -0.770. The van der Waals surface area contributed by atoms with Gasteiger partial charge in [-0.3, -0.25) is 9.67 Å². The van der Waals surface area contributed by atoms with Gasteiger partial charge in [0.1, 0.15) is 0 Å². The highest BCUT2D eigenvalue weighted by Crippen LogP contribution is 2.17. The Balaban J connectivity index is 1.91. The molecule has 0 bridgehead atoms. The Morgan fingerprint density at radius 3 is 2.67 bits per heavy atom. The van der Waals surface area contributed by atoms with Crippen LogP contribution in [0.15, 0.2) is 30.7 Å². The van der Waals surface area contributed by atoms with Gasteiger partial charge < -0.3 is 15.7 Å². The summed E-state index contributed by atoms with van der Waals surface area (Å²) in [6.07, 6.45) is 4.89. The summed E-state index contributed by atoms with van der Waals surface area (Å²) in [5, 5.41) is 19.9. The zero-order chi connectivity index (χ0) is 17.5. The second-order valence-electron chi connectivity index (χ2n) is 6.07. The molecule has 2 aromatic heterocycles. The van der Waals surface area contributed by atoms with Crippen molar-refractivity contribution < 1.29 is 9.90 Å². The van der Waals surface area contributed by atoms with Gasteiger partial charge in [0, 0.05) is 25.5 Å². The van der Waals surface area contributed by atoms with Crippen LogP contribution in [0.1, 0.15) is 38.1 Å². The molecular formula is C17H25N5O2. The molecule has 0 radical (unpaired) electrons. The molecule has 0 aliphatic rings. The Morgan fingerprint density at radius 2 is 2.04 bits per heavy atom. The number of anilines is 1. The highest BCUT2D eigenvalue weighted by Gasteiger charge is 2.14. The fraction of sp³-hybridized carbons (Fsp3) is 0.471. The molecule has 2 amide bonds. The highest BCUT2D eigenvalue weighted by molar-refractivity contribution is 5.89. The first kappa shape index (κ1) is 17.9. The van der Waals surface area contributed by atoms with Crippen LogP contribution >= 0.6 is 0 Å². The van der Waals surface area contributed by atoms with Crippen LogP contribution in [0.2, 0.25) is 0 Å². The summed E-state index contributed by atoms with van der Waals surface area (Å²) in [5.41, 5.74) is 2.41. The van der Waals surface area contributed by atoms with Gasteiger partial charge in [-0.25, -0.2) is 4.79 Å². The molecule has 0 spiro atoms. The first-order valence-corrected chi connectivity index (χ1v) is 8.18. The number of nitrogens with one attached hydrogen (secondary N) is 2. The van der Waals surface area contributed by atoms with E-state index in [1.165, 1.54) is 0 Å². The predicted octanol–water partition coefficient (Wildman–Crippen LogP) is 2.35. The Morgan fingerprint density at radius 1 is 1.33 bits per heavy atom. The van der Waals surface area contributed by atoms with E-state index < -0.39 is 6.10 Å². The van der Waals surface area contributed by atoms with Gasteiger partial charge in [0.2, 0.25) is 0 Å². The number of aromatic nitrogens is 3. The molecule has 24 heavy (non-hydrogen) atoms. The number of aliphatic hydroxyl groups excluding tert-OH is 1. The molecule has 3 N–H and O–H groups in total. The zero-order valence-corrected chi connectivity index (χ0v) is 14.4. The van der Waals surface area contributed by atoms with E-state index in [0.29, 0.717) is 17.2 Å². The minimum Gasteiger partial charge on any atom is -0.387 e. The SMILES string of the molecule is CCc1c(NC(=O)NCC(O)c2ccncc2)cnn1CC(C)C. The molecule has 0 saturated heterocycles. The molecule has 1 unspecified atom stereocenters. The van der Waals surface area contributed by atoms with Crippen LogP contribution in [0.4, 0.5) is 10.5 Å². The van der Waals surface area contributed by atoms with Gasteiger partial charge in [-0.05, 0) is 30.0 Å². The topological polar surface area (TPSA) is 92.1 Å². The normalized spacial score (nSPS) is 12.2. The van der Waals surface area contributed by atoms with Gasteiger partial charge in [-0.2, -0.15) is 5.10 Å². The molecule has 0 aliphatic carbocycles. The molecule has 7 heteroatoms. The van der Waals surface area contributed by atoms with E-state index in [-0.39, 0.29) is 12.6 Å². The smallest absolute Gasteiger partial charge is 0.319 e. The molecule has 0 aliphatic heterocycles. The number of pyridine rings is 1. The molecule has 7 nitrogen and oxygen atoms in total. The summed E-state index contributed by atoms with van der Waals surface area (Å²) in [4.78, 5) is 16.0. The third-order valence-electron chi connectivity index (χ3n) is 3.62. The zero-order valence-electron chi connectivity index (χ0n) is 14.4. The number of hydrogen-bond acceptors (Lipinski definition) is 4. The quantitative estimate of drug-likeness (QED) is 0.726. The van der Waals surface area contributed by atoms with Gasteiger partial charge in [-0.1, -0.05) is 20.8 Å². The van der Waals surface area contributed by atoms with Crippen LogP contribution in [-0.2, 0) is 13.0 Å². The third kappa shape index (κ3) is 4.79. The maximum absolute atomic E-state index is 12.1. The lowest BCUT2D eigenvalue weighted by molar-refractivity contribution is 0.175. The standard InChI is InChI=1S/C17H25N5O2/c1-4-15-14(9-20-22(15)11-12(2)3)21-17(24)19-10-16(23)13-5-7-18-8-6-13/h5-9,12,16,23H,4,10-11H2,1-3H3,(H2,19,21,24). The summed E-state index contributed by atoms with van der Waals surface area (Å²) in [6, 6.07) is 3.08. The number of rotatable bonds is 7. The van der Waals surface area contributed by atoms with Gasteiger partial charge in [0.15, 0.2) is 0 Å². The number of nitrogens with zero attached hydrogens (tertiary/aromatic N) is 3. The molecule has 2 rings (SSSR count). The Kier molecular flexibility index (Phi) is 6.31. The van der Waals surface area contributed by atoms with Gasteiger partial charge in [0.25, 0.3) is 0 Å². The van der Waals surface area contributed by atoms with E-state index in [1.807, 2.05) is 11.6 Å². The number of amides is 2. The monoisotopic (exact) mass is 331 g/mol. The number of urea groups is 1. The summed E-state index contributed by atoms with van der Waals surface area (Å²) in [6.45, 7) is 7.22. The molecule has 2 heterocycles. The fourth-order valence-electron chi connectivity index (χ4n) is 2.45. The van der Waals surface area contributed by atoms with Crippen molar-refractivity contribution >= 4 is 11.7 Å². The van der Waals surface area contributed by atoms with Crippen LogP contribution in [0.5, 0.6) is 0 Å². The van der Waals surface area contributed by atoms with Gasteiger partial charge in [0.05, 0.1) is 23.7 Å². The van der Waals surface area contributed by atoms with Crippen molar-refractivity contribution in [2.45, 2.75) is 39.8 Å². The first-order valence-electron chi connectivity index (χ1n) is 8.18. The lowest BCUT2D eigenvalue weighted by atomic mass is 10.1. The molecular weight excluding hydrogens is 306 g/mol. The molecule has 1 atom stereocenters. The summed E-state index contributed by atoms with van der Waals surface area (Å²) >= 11 is 0. The molecule has 0 aromatic carbocycles. The van der Waals surface area contributed by atoms with E-state index in [9.17, 15) is 9.90 Å². The minimum absolute atomic E-state index is 0.122. The largest absolute Gasteiger partial charge is 0.387 e. The number of carbonyl (C=O) groups excluding carboxylic acids is 1. The number of carbonyl (C=O) groups is 1. The summed E-state index contributed by atoms with van der Waals surface area (Å²) in [7, 11) is 0. The van der Waals surface area contributed by atoms with E-state index in [1.54, 1.807) is 30.7 Å². The Hall–Kier alpha value is -2.41. The third-order valence-corrected chi connectivity index (χ3v) is 3.62. The van der Waals surface area contributed by atoms with Crippen molar-refractivity contribution in [1.82, 2.24) is 20.1 Å². The average molecular weight is 331 g/mol. The Bertz CT molecular complexity index is 654. The van der Waals surface area contributed by atoms with Crippen molar-refractivity contribution in [3.8, 4) is 0 Å². The second kappa shape index (κ2) is 8.44. The second-order valence-corrected chi connectivity index (χ2v) is 6.07. The molecule has 0 fully saturated rings. The van der Waals surface area contributed by atoms with Crippen LogP contribution in [0.3, 0.4) is 0 Å². The maximum Gasteiger partial charge on any atom is 0.319 e. The van der Waals surface area contributed by atoms with Crippen molar-refractivity contribution in [1.29, 1.82) is 0 Å². The van der Waals surface area contributed by atoms with E-state index in [0.717, 1.165) is 18.7 Å². The lowest BCUT2D eigenvalue weighted by Gasteiger charge is -2.13. The molecule has 2 aromatic rings. The van der Waals surface area contributed by atoms with Crippen molar-refractivity contribution in [2.75, 3.05) is 11.9 Å².